The lowest BCUT2D eigenvalue weighted by atomic mass is 10.2. The highest BCUT2D eigenvalue weighted by Gasteiger charge is 2.16. The number of H-pyrrole nitrogens is 1. The molecule has 0 unspecified atom stereocenters. The van der Waals surface area contributed by atoms with Crippen LogP contribution in [0.25, 0.3) is 0 Å². The number of carbonyl (C=O) groups excluding carboxylic acids is 1. The van der Waals surface area contributed by atoms with E-state index in [-0.39, 0.29) is 12.6 Å². The van der Waals surface area contributed by atoms with E-state index in [0.717, 1.165) is 37.6 Å². The number of nitrogens with one attached hydrogen (secondary N) is 1. The molecular formula is C16H18N2O3. The molecule has 0 atom stereocenters. The lowest BCUT2D eigenvalue weighted by molar-refractivity contribution is 0.0466. The van der Waals surface area contributed by atoms with E-state index in [2.05, 4.69) is 9.88 Å². The van der Waals surface area contributed by atoms with E-state index in [1.807, 2.05) is 42.6 Å². The van der Waals surface area contributed by atoms with Crippen molar-refractivity contribution < 1.29 is 14.3 Å². The first-order chi connectivity index (χ1) is 10.3. The predicted octanol–water partition coefficient (Wildman–Crippen LogP) is 2.21. The van der Waals surface area contributed by atoms with Gasteiger partial charge < -0.3 is 19.4 Å². The average Bonchev–Trinajstić information content (AvgIpc) is 3.04. The number of ether oxygens (including phenoxy) is 2. The molecule has 1 saturated heterocycles. The molecule has 5 nitrogen and oxygen atoms in total. The summed E-state index contributed by atoms with van der Waals surface area (Å²) in [6, 6.07) is 11.5. The zero-order valence-electron chi connectivity index (χ0n) is 11.7. The average molecular weight is 286 g/mol. The Morgan fingerprint density at radius 1 is 1.24 bits per heavy atom. The quantitative estimate of drug-likeness (QED) is 0.876. The number of benzene rings is 1. The number of nitrogens with zero attached hydrogens (tertiary/aromatic N) is 1. The van der Waals surface area contributed by atoms with Gasteiger partial charge in [0.2, 0.25) is 0 Å². The van der Waals surface area contributed by atoms with Crippen molar-refractivity contribution in [2.24, 2.45) is 0 Å². The molecule has 1 aromatic heterocycles. The zero-order valence-corrected chi connectivity index (χ0v) is 11.7. The molecule has 110 valence electrons. The number of anilines is 1. The molecular weight excluding hydrogens is 268 g/mol. The van der Waals surface area contributed by atoms with E-state index in [0.29, 0.717) is 5.69 Å². The van der Waals surface area contributed by atoms with Crippen molar-refractivity contribution in [3.05, 3.63) is 53.9 Å². The second kappa shape index (κ2) is 6.45. The van der Waals surface area contributed by atoms with Gasteiger partial charge in [-0.25, -0.2) is 4.79 Å². The summed E-state index contributed by atoms with van der Waals surface area (Å²) in [5.41, 5.74) is 2.46. The highest BCUT2D eigenvalue weighted by Crippen LogP contribution is 2.18. The van der Waals surface area contributed by atoms with Gasteiger partial charge in [0.15, 0.2) is 0 Å². The van der Waals surface area contributed by atoms with Gasteiger partial charge in [0.25, 0.3) is 0 Å². The summed E-state index contributed by atoms with van der Waals surface area (Å²) in [6.45, 7) is 3.41. The summed E-state index contributed by atoms with van der Waals surface area (Å²) in [4.78, 5) is 17.2. The van der Waals surface area contributed by atoms with E-state index in [1.165, 1.54) is 0 Å². The molecule has 1 aromatic carbocycles. The van der Waals surface area contributed by atoms with Crippen molar-refractivity contribution in [2.45, 2.75) is 6.61 Å². The largest absolute Gasteiger partial charge is 0.456 e. The standard InChI is InChI=1S/C16H18N2O3/c19-16(21-12-13-4-2-1-3-5-13)15-10-14(11-17-15)18-6-8-20-9-7-18/h1-5,10-11,17H,6-9,12H2. The molecule has 5 heteroatoms. The molecule has 0 aliphatic carbocycles. The summed E-state index contributed by atoms with van der Waals surface area (Å²) in [5, 5.41) is 0. The first kappa shape index (κ1) is 13.7. The van der Waals surface area contributed by atoms with E-state index in [9.17, 15) is 4.79 Å². The van der Waals surface area contributed by atoms with Crippen LogP contribution in [0.4, 0.5) is 5.69 Å². The molecule has 0 saturated carbocycles. The fraction of sp³-hybridized carbons (Fsp3) is 0.312. The van der Waals surface area contributed by atoms with Crippen LogP contribution in [0.5, 0.6) is 0 Å². The van der Waals surface area contributed by atoms with Gasteiger partial charge in [-0.3, -0.25) is 0 Å². The Kier molecular flexibility index (Phi) is 4.21. The molecule has 0 radical (unpaired) electrons. The minimum atomic E-state index is -0.335. The first-order valence-electron chi connectivity index (χ1n) is 7.05. The minimum absolute atomic E-state index is 0.283. The highest BCUT2D eigenvalue weighted by molar-refractivity contribution is 5.88. The van der Waals surface area contributed by atoms with Gasteiger partial charge >= 0.3 is 5.97 Å². The Bertz CT molecular complexity index is 589. The van der Waals surface area contributed by atoms with Gasteiger partial charge in [-0.15, -0.1) is 0 Å². The van der Waals surface area contributed by atoms with Gasteiger partial charge in [-0.05, 0) is 11.6 Å². The van der Waals surface area contributed by atoms with Gasteiger partial charge in [0.05, 0.1) is 18.9 Å². The van der Waals surface area contributed by atoms with Gasteiger partial charge in [-0.1, -0.05) is 30.3 Å². The number of hydrogen-bond donors (Lipinski definition) is 1. The van der Waals surface area contributed by atoms with Crippen molar-refractivity contribution in [1.82, 2.24) is 4.98 Å². The van der Waals surface area contributed by atoms with Crippen molar-refractivity contribution in [1.29, 1.82) is 0 Å². The number of esters is 1. The second-order valence-corrected chi connectivity index (χ2v) is 4.93. The van der Waals surface area contributed by atoms with Crippen LogP contribution in [0.3, 0.4) is 0 Å². The molecule has 0 amide bonds. The minimum Gasteiger partial charge on any atom is -0.456 e. The number of aromatic amines is 1. The van der Waals surface area contributed by atoms with E-state index >= 15 is 0 Å². The molecule has 21 heavy (non-hydrogen) atoms. The SMILES string of the molecule is O=C(OCc1ccccc1)c1cc(N2CCOCC2)c[nH]1. The summed E-state index contributed by atoms with van der Waals surface area (Å²) in [5.74, 6) is -0.335. The third kappa shape index (κ3) is 3.44. The molecule has 3 rings (SSSR count). The van der Waals surface area contributed by atoms with Crippen LogP contribution >= 0.6 is 0 Å². The van der Waals surface area contributed by atoms with E-state index < -0.39 is 0 Å². The smallest absolute Gasteiger partial charge is 0.355 e. The molecule has 1 aliphatic rings. The zero-order chi connectivity index (χ0) is 14.5. The highest BCUT2D eigenvalue weighted by atomic mass is 16.5. The maximum absolute atomic E-state index is 12.0. The summed E-state index contributed by atoms with van der Waals surface area (Å²) >= 11 is 0. The van der Waals surface area contributed by atoms with Gasteiger partial charge in [0.1, 0.15) is 12.3 Å². The lowest BCUT2D eigenvalue weighted by Gasteiger charge is -2.27. The van der Waals surface area contributed by atoms with Gasteiger partial charge in [-0.2, -0.15) is 0 Å². The molecule has 2 heterocycles. The number of morpholine rings is 1. The first-order valence-corrected chi connectivity index (χ1v) is 7.05. The molecule has 1 N–H and O–H groups in total. The van der Waals surface area contributed by atoms with Crippen LogP contribution in [0, 0.1) is 0 Å². The second-order valence-electron chi connectivity index (χ2n) is 4.93. The number of aromatic nitrogens is 1. The maximum Gasteiger partial charge on any atom is 0.355 e. The lowest BCUT2D eigenvalue weighted by Crippen LogP contribution is -2.35. The Balaban J connectivity index is 1.59. The van der Waals surface area contributed by atoms with Crippen molar-refractivity contribution in [3.63, 3.8) is 0 Å². The van der Waals surface area contributed by atoms with Crippen LogP contribution < -0.4 is 4.90 Å². The predicted molar refractivity (Wildman–Crippen MR) is 79.4 cm³/mol. The van der Waals surface area contributed by atoms with Crippen molar-refractivity contribution >= 4 is 11.7 Å². The maximum atomic E-state index is 12.0. The normalized spacial score (nSPS) is 15.0. The third-order valence-electron chi connectivity index (χ3n) is 3.48. The fourth-order valence-electron chi connectivity index (χ4n) is 2.31. The van der Waals surface area contributed by atoms with Crippen LogP contribution in [-0.2, 0) is 16.1 Å². The van der Waals surface area contributed by atoms with Crippen LogP contribution in [0.15, 0.2) is 42.6 Å². The van der Waals surface area contributed by atoms with Gasteiger partial charge in [0, 0.05) is 19.3 Å². The van der Waals surface area contributed by atoms with Crippen LogP contribution in [-0.4, -0.2) is 37.3 Å². The summed E-state index contributed by atoms with van der Waals surface area (Å²) in [7, 11) is 0. The van der Waals surface area contributed by atoms with E-state index in [4.69, 9.17) is 9.47 Å². The number of hydrogen-bond acceptors (Lipinski definition) is 4. The molecule has 1 fully saturated rings. The molecule has 2 aromatic rings. The van der Waals surface area contributed by atoms with Crippen molar-refractivity contribution in [2.75, 3.05) is 31.2 Å². The third-order valence-corrected chi connectivity index (χ3v) is 3.48. The summed E-state index contributed by atoms with van der Waals surface area (Å²) < 4.78 is 10.6. The number of rotatable bonds is 4. The van der Waals surface area contributed by atoms with E-state index in [1.54, 1.807) is 0 Å². The fourth-order valence-corrected chi connectivity index (χ4v) is 2.31. The Labute approximate surface area is 123 Å². The number of carbonyl (C=O) groups is 1. The summed E-state index contributed by atoms with van der Waals surface area (Å²) in [6.07, 6.45) is 1.84. The van der Waals surface area contributed by atoms with Crippen LogP contribution in [0.1, 0.15) is 16.1 Å². The van der Waals surface area contributed by atoms with Crippen molar-refractivity contribution in [3.8, 4) is 0 Å². The molecule has 1 aliphatic heterocycles. The molecule has 0 bridgehead atoms. The van der Waals surface area contributed by atoms with Crippen LogP contribution in [0.2, 0.25) is 0 Å². The Morgan fingerprint density at radius 3 is 2.76 bits per heavy atom. The Morgan fingerprint density at radius 2 is 2.00 bits per heavy atom. The topological polar surface area (TPSA) is 54.6 Å². The Hall–Kier alpha value is -2.27. The molecule has 0 spiro atoms. The monoisotopic (exact) mass is 286 g/mol.